The number of carbonyl (C=O) groups is 2. The van der Waals surface area contributed by atoms with Gasteiger partial charge in [-0.05, 0) is 149 Å². The maximum atomic E-state index is 14.2. The Balaban J connectivity index is 0.000000274. The highest BCUT2D eigenvalue weighted by Crippen LogP contribution is 2.55. The number of alkyl halides is 6. The average Bonchev–Trinajstić information content (AvgIpc) is 3.32. The molecule has 2 aliphatic rings. The second kappa shape index (κ2) is 24.5. The van der Waals surface area contributed by atoms with Crippen LogP contribution in [0.4, 0.5) is 26.3 Å². The zero-order valence-corrected chi connectivity index (χ0v) is 45.8. The fourth-order valence-electron chi connectivity index (χ4n) is 10.8. The highest BCUT2D eigenvalue weighted by Gasteiger charge is 2.55. The summed E-state index contributed by atoms with van der Waals surface area (Å²) >= 11 is 25.1. The van der Waals surface area contributed by atoms with Gasteiger partial charge in [-0.1, -0.05) is 135 Å². The molecule has 6 rings (SSSR count). The number of rotatable bonds is 18. The third-order valence-electron chi connectivity index (χ3n) is 15.2. The molecule has 0 aliphatic carbocycles. The fourth-order valence-corrected chi connectivity index (χ4v) is 11.5. The Labute approximate surface area is 452 Å². The Bertz CT molecular complexity index is 2380. The minimum absolute atomic E-state index is 0.00866. The van der Waals surface area contributed by atoms with Gasteiger partial charge in [0, 0.05) is 44.0 Å². The Morgan fingerprint density at radius 3 is 1.18 bits per heavy atom. The van der Waals surface area contributed by atoms with Crippen LogP contribution in [0.1, 0.15) is 152 Å². The normalized spacial score (nSPS) is 25.0. The first-order chi connectivity index (χ1) is 34.5. The molecule has 10 atom stereocenters. The number of amides is 2. The number of nitrogens with zero attached hydrogens (tertiary/aromatic N) is 2. The summed E-state index contributed by atoms with van der Waals surface area (Å²) in [7, 11) is 0. The maximum absolute atomic E-state index is 14.2. The third-order valence-corrected chi connectivity index (χ3v) is 16.2. The Morgan fingerprint density at radius 2 is 0.905 bits per heavy atom. The van der Waals surface area contributed by atoms with E-state index in [0.29, 0.717) is 58.6 Å². The number of aliphatic hydroxyl groups is 2. The van der Waals surface area contributed by atoms with Gasteiger partial charge in [0.05, 0.1) is 22.9 Å². The van der Waals surface area contributed by atoms with Crippen LogP contribution in [0, 0.1) is 10.8 Å². The molecule has 2 saturated heterocycles. The van der Waals surface area contributed by atoms with Crippen molar-refractivity contribution in [2.45, 2.75) is 165 Å². The van der Waals surface area contributed by atoms with Gasteiger partial charge >= 0.3 is 12.4 Å². The molecule has 4 aromatic rings. The molecule has 404 valence electrons. The molecule has 2 N–H and O–H groups in total. The molecule has 0 saturated carbocycles. The van der Waals surface area contributed by atoms with E-state index in [-0.39, 0.29) is 36.5 Å². The highest BCUT2D eigenvalue weighted by molar-refractivity contribution is 6.31. The van der Waals surface area contributed by atoms with Crippen molar-refractivity contribution in [1.82, 2.24) is 9.80 Å². The fraction of sp³-hybridized carbons (Fsp3) is 0.483. The van der Waals surface area contributed by atoms with Crippen LogP contribution in [-0.4, -0.2) is 67.5 Å². The molecule has 2 fully saturated rings. The molecule has 0 spiro atoms. The molecule has 0 bridgehead atoms. The minimum atomic E-state index is -4.77. The van der Waals surface area contributed by atoms with E-state index in [2.05, 4.69) is 13.2 Å². The standard InChI is InChI=1S/2C29H34Cl2F3NO2/c2*1-5-15-27(3)18-24(20-8-7-9-22(31)17-20)25(19-10-12-21(30)13-11-19)35(26(27)36)23(6-2)14-16-28(4,37)29(32,33)34/h2*5,7-13,17,23-25,37H,1,6,14-16,18H2,2-4H3/t23?,24-,25-,27+,28+;23?,24-,25-,27+,28-/m11/s1. The summed E-state index contributed by atoms with van der Waals surface area (Å²) in [5.41, 5.74) is -3.77. The van der Waals surface area contributed by atoms with Crippen molar-refractivity contribution in [3.8, 4) is 0 Å². The van der Waals surface area contributed by atoms with Crippen LogP contribution >= 0.6 is 46.4 Å². The van der Waals surface area contributed by atoms with Crippen molar-refractivity contribution in [3.05, 3.63) is 165 Å². The van der Waals surface area contributed by atoms with Crippen molar-refractivity contribution in [1.29, 1.82) is 0 Å². The predicted octanol–water partition coefficient (Wildman–Crippen LogP) is 17.0. The average molecular weight is 1110 g/mol. The van der Waals surface area contributed by atoms with E-state index in [1.807, 2.05) is 88.4 Å². The van der Waals surface area contributed by atoms with E-state index in [4.69, 9.17) is 46.4 Å². The largest absolute Gasteiger partial charge is 0.416 e. The summed E-state index contributed by atoms with van der Waals surface area (Å²) in [5.74, 6) is -0.632. The lowest BCUT2D eigenvalue weighted by Gasteiger charge is -2.52. The van der Waals surface area contributed by atoms with Crippen LogP contribution in [0.5, 0.6) is 0 Å². The van der Waals surface area contributed by atoms with E-state index >= 15 is 0 Å². The number of piperidine rings is 2. The lowest BCUT2D eigenvalue weighted by molar-refractivity contribution is -0.256. The van der Waals surface area contributed by atoms with E-state index in [1.165, 1.54) is 0 Å². The Morgan fingerprint density at radius 1 is 0.581 bits per heavy atom. The van der Waals surface area contributed by atoms with E-state index in [0.717, 1.165) is 36.1 Å². The van der Waals surface area contributed by atoms with Gasteiger partial charge in [0.15, 0.2) is 11.2 Å². The molecule has 2 aliphatic heterocycles. The first-order valence-corrected chi connectivity index (χ1v) is 26.5. The van der Waals surface area contributed by atoms with Crippen molar-refractivity contribution < 1.29 is 46.1 Å². The van der Waals surface area contributed by atoms with Crippen LogP contribution in [0.25, 0.3) is 0 Å². The number of benzene rings is 4. The van der Waals surface area contributed by atoms with Crippen molar-refractivity contribution in [3.63, 3.8) is 0 Å². The number of hydrogen-bond acceptors (Lipinski definition) is 4. The lowest BCUT2D eigenvalue weighted by Crippen LogP contribution is -2.56. The second-order valence-electron chi connectivity index (χ2n) is 21.0. The van der Waals surface area contributed by atoms with Gasteiger partial charge in [-0.15, -0.1) is 13.2 Å². The summed E-state index contributed by atoms with van der Waals surface area (Å²) in [4.78, 5) is 31.9. The summed E-state index contributed by atoms with van der Waals surface area (Å²) in [6, 6.07) is 27.5. The van der Waals surface area contributed by atoms with Crippen LogP contribution in [0.2, 0.25) is 20.1 Å². The van der Waals surface area contributed by atoms with Gasteiger partial charge < -0.3 is 20.0 Å². The van der Waals surface area contributed by atoms with Gasteiger partial charge in [-0.3, -0.25) is 9.59 Å². The number of halogens is 10. The van der Waals surface area contributed by atoms with Crippen LogP contribution in [0.3, 0.4) is 0 Å². The molecule has 0 aromatic heterocycles. The SMILES string of the molecule is C=CC[C@@]1(C)C[C@H](c2cccc(Cl)c2)[C@@H](c2ccc(Cl)cc2)N(C(CC)CC[C@@](C)(O)C(F)(F)F)C1=O.C=CC[C@@]1(C)C[C@H](c2cccc(Cl)c2)[C@@H](c2ccc(Cl)cc2)N(C(CC)CC[C@](C)(O)C(F)(F)F)C1=O. The number of hydrogen-bond donors (Lipinski definition) is 2. The molecule has 2 heterocycles. The highest BCUT2D eigenvalue weighted by atomic mass is 35.5. The van der Waals surface area contributed by atoms with Crippen LogP contribution in [0.15, 0.2) is 122 Å². The molecule has 2 amide bonds. The summed E-state index contributed by atoms with van der Waals surface area (Å²) in [5, 5.41) is 22.5. The van der Waals surface area contributed by atoms with Crippen molar-refractivity contribution >= 4 is 58.2 Å². The Kier molecular flexibility index (Phi) is 20.2. The third kappa shape index (κ3) is 13.9. The van der Waals surface area contributed by atoms with Crippen LogP contribution < -0.4 is 0 Å². The number of carbonyl (C=O) groups excluding carboxylic acids is 2. The first-order valence-electron chi connectivity index (χ1n) is 25.0. The first kappa shape index (κ1) is 60.8. The van der Waals surface area contributed by atoms with Gasteiger partial charge in [0.1, 0.15) is 0 Å². The quantitative estimate of drug-likeness (QED) is 0.0768. The molecule has 16 heteroatoms. The van der Waals surface area contributed by atoms with Gasteiger partial charge in [-0.25, -0.2) is 0 Å². The molecule has 4 aromatic carbocycles. The molecular weight excluding hydrogens is 1040 g/mol. The van der Waals surface area contributed by atoms with Crippen molar-refractivity contribution in [2.75, 3.05) is 0 Å². The smallest absolute Gasteiger partial charge is 0.381 e. The summed E-state index contributed by atoms with van der Waals surface area (Å²) in [6.45, 7) is 16.8. The maximum Gasteiger partial charge on any atom is 0.416 e. The van der Waals surface area contributed by atoms with Gasteiger partial charge in [-0.2, -0.15) is 26.3 Å². The lowest BCUT2D eigenvalue weighted by atomic mass is 9.67. The predicted molar refractivity (Wildman–Crippen MR) is 286 cm³/mol. The summed E-state index contributed by atoms with van der Waals surface area (Å²) in [6.07, 6.45) is -4.46. The minimum Gasteiger partial charge on any atom is -0.381 e. The summed E-state index contributed by atoms with van der Waals surface area (Å²) < 4.78 is 80.8. The van der Waals surface area contributed by atoms with Gasteiger partial charge in [0.2, 0.25) is 11.8 Å². The van der Waals surface area contributed by atoms with Crippen LogP contribution in [-0.2, 0) is 9.59 Å². The number of likely N-dealkylation sites (tertiary alicyclic amines) is 2. The monoisotopic (exact) mass is 1110 g/mol. The molecule has 0 radical (unpaired) electrons. The van der Waals surface area contributed by atoms with E-state index in [1.54, 1.807) is 58.4 Å². The molecule has 2 unspecified atom stereocenters. The van der Waals surface area contributed by atoms with E-state index < -0.39 is 71.4 Å². The van der Waals surface area contributed by atoms with Gasteiger partial charge in [0.25, 0.3) is 0 Å². The topological polar surface area (TPSA) is 81.1 Å². The Hall–Kier alpha value is -4.04. The number of allylic oxidation sites excluding steroid dienone is 2. The molecule has 74 heavy (non-hydrogen) atoms. The molecular formula is C58H68Cl4F6N2O4. The van der Waals surface area contributed by atoms with E-state index in [9.17, 15) is 46.1 Å². The molecule has 6 nitrogen and oxygen atoms in total. The van der Waals surface area contributed by atoms with Crippen molar-refractivity contribution in [2.24, 2.45) is 10.8 Å². The second-order valence-corrected chi connectivity index (χ2v) is 22.7. The zero-order chi connectivity index (χ0) is 55.2. The zero-order valence-electron chi connectivity index (χ0n) is 42.7.